The Morgan fingerprint density at radius 1 is 0.963 bits per heavy atom. The van der Waals surface area contributed by atoms with Crippen LogP contribution in [0.2, 0.25) is 0 Å². The smallest absolute Gasteiger partial charge is 0.212 e. The molecular weight excluding hydrogens is 370 g/mol. The zero-order valence-corrected chi connectivity index (χ0v) is 17.1. The Bertz CT molecular complexity index is 656. The van der Waals surface area contributed by atoms with E-state index in [0.717, 1.165) is 50.4 Å². The van der Waals surface area contributed by atoms with E-state index in [0.29, 0.717) is 24.8 Å². The number of hydrogen-bond donors (Lipinski definition) is 0. The molecule has 4 bridgehead atoms. The quantitative estimate of drug-likeness (QED) is 0.674. The number of rotatable bonds is 4. The van der Waals surface area contributed by atoms with Crippen molar-refractivity contribution in [1.82, 2.24) is 4.31 Å². The van der Waals surface area contributed by atoms with Crippen LogP contribution in [0.15, 0.2) is 0 Å². The lowest BCUT2D eigenvalue weighted by atomic mass is 9.53. The maximum atomic E-state index is 12.3. The van der Waals surface area contributed by atoms with Gasteiger partial charge in [0.15, 0.2) is 0 Å². The van der Waals surface area contributed by atoms with Gasteiger partial charge in [0.05, 0.1) is 5.75 Å². The molecule has 6 aliphatic rings. The Morgan fingerprint density at radius 2 is 1.56 bits per heavy atom. The Kier molecular flexibility index (Phi) is 4.43. The van der Waals surface area contributed by atoms with Crippen LogP contribution in [-0.4, -0.2) is 42.6 Å². The van der Waals surface area contributed by atoms with Crippen LogP contribution in [0.5, 0.6) is 0 Å². The van der Waals surface area contributed by atoms with E-state index in [4.69, 9.17) is 19.6 Å². The average Bonchev–Trinajstić information content (AvgIpc) is 3.09. The molecule has 154 valence electrons. The first-order valence-corrected chi connectivity index (χ1v) is 12.2. The first kappa shape index (κ1) is 18.8. The van der Waals surface area contributed by atoms with Crippen LogP contribution in [0.25, 0.3) is 0 Å². The van der Waals surface area contributed by atoms with Gasteiger partial charge in [0.25, 0.3) is 0 Å². The molecular formula is C19H31NO6S. The summed E-state index contributed by atoms with van der Waals surface area (Å²) in [5.74, 6) is 0.524. The summed E-state index contributed by atoms with van der Waals surface area (Å²) in [6.45, 7) is 4.03. The standard InChI is InChI=1S/C19H31NO6S/c1-3-27(21,22)20-6-4-5-17(20)12-18(2)23-25-19(26-24-18)15-8-13-7-14(10-15)11-16(19)9-13/h13-17H,3-12H2,1-2H3. The SMILES string of the molecule is CCS(=O)(=O)N1CCCC1CC1(C)OOC2(OO1)C1CC3CC(C1)CC2C3. The lowest BCUT2D eigenvalue weighted by Crippen LogP contribution is -2.64. The predicted octanol–water partition coefficient (Wildman–Crippen LogP) is 2.97. The van der Waals surface area contributed by atoms with Gasteiger partial charge in [-0.1, -0.05) is 0 Å². The van der Waals surface area contributed by atoms with Crippen molar-refractivity contribution >= 4 is 10.0 Å². The monoisotopic (exact) mass is 401 g/mol. The highest BCUT2D eigenvalue weighted by Crippen LogP contribution is 2.61. The van der Waals surface area contributed by atoms with E-state index >= 15 is 0 Å². The van der Waals surface area contributed by atoms with E-state index in [1.807, 2.05) is 0 Å². The van der Waals surface area contributed by atoms with Crippen LogP contribution in [0.4, 0.5) is 0 Å². The zero-order chi connectivity index (χ0) is 18.9. The number of hydrogen-bond acceptors (Lipinski definition) is 6. The van der Waals surface area contributed by atoms with Crippen molar-refractivity contribution in [2.75, 3.05) is 12.3 Å². The van der Waals surface area contributed by atoms with E-state index in [1.54, 1.807) is 18.2 Å². The molecule has 7 nitrogen and oxygen atoms in total. The Morgan fingerprint density at radius 3 is 2.11 bits per heavy atom. The number of sulfonamides is 1. The van der Waals surface area contributed by atoms with Gasteiger partial charge in [0, 0.05) is 30.8 Å². The van der Waals surface area contributed by atoms with Crippen molar-refractivity contribution < 1.29 is 28.0 Å². The second-order valence-electron chi connectivity index (χ2n) is 9.50. The maximum absolute atomic E-state index is 12.3. The molecule has 6 rings (SSSR count). The maximum Gasteiger partial charge on any atom is 0.239 e. The van der Waals surface area contributed by atoms with E-state index in [2.05, 4.69) is 0 Å². The molecule has 0 radical (unpaired) electrons. The summed E-state index contributed by atoms with van der Waals surface area (Å²) in [7, 11) is -3.22. The third kappa shape index (κ3) is 2.99. The predicted molar refractivity (Wildman–Crippen MR) is 96.3 cm³/mol. The van der Waals surface area contributed by atoms with Crippen LogP contribution in [-0.2, 0) is 29.6 Å². The van der Waals surface area contributed by atoms with Gasteiger partial charge in [-0.25, -0.2) is 8.42 Å². The molecule has 0 N–H and O–H groups in total. The van der Waals surface area contributed by atoms with Crippen molar-refractivity contribution in [2.45, 2.75) is 82.8 Å². The Hall–Kier alpha value is -0.250. The molecule has 27 heavy (non-hydrogen) atoms. The first-order chi connectivity index (χ1) is 12.8. The summed E-state index contributed by atoms with van der Waals surface area (Å²) in [6.07, 6.45) is 7.93. The van der Waals surface area contributed by atoms with Crippen molar-refractivity contribution in [3.05, 3.63) is 0 Å². The van der Waals surface area contributed by atoms with E-state index in [1.165, 1.54) is 6.42 Å². The summed E-state index contributed by atoms with van der Waals surface area (Å²) in [6, 6.07) is -0.139. The van der Waals surface area contributed by atoms with Crippen molar-refractivity contribution in [2.24, 2.45) is 23.7 Å². The minimum absolute atomic E-state index is 0.115. The molecule has 4 aliphatic carbocycles. The van der Waals surface area contributed by atoms with E-state index in [-0.39, 0.29) is 11.8 Å². The van der Waals surface area contributed by atoms with Gasteiger partial charge < -0.3 is 0 Å². The van der Waals surface area contributed by atoms with E-state index < -0.39 is 21.6 Å². The summed E-state index contributed by atoms with van der Waals surface area (Å²) >= 11 is 0. The van der Waals surface area contributed by atoms with Gasteiger partial charge in [-0.15, -0.1) is 0 Å². The third-order valence-corrected chi connectivity index (χ3v) is 9.55. The first-order valence-electron chi connectivity index (χ1n) is 10.6. The fourth-order valence-corrected chi connectivity index (χ4v) is 7.86. The fraction of sp³-hybridized carbons (Fsp3) is 1.00. The van der Waals surface area contributed by atoms with Gasteiger partial charge in [-0.3, -0.25) is 0 Å². The molecule has 2 aliphatic heterocycles. The fourth-order valence-electron chi connectivity index (χ4n) is 6.49. The zero-order valence-electron chi connectivity index (χ0n) is 16.3. The van der Waals surface area contributed by atoms with Crippen LogP contribution >= 0.6 is 0 Å². The van der Waals surface area contributed by atoms with E-state index in [9.17, 15) is 8.42 Å². The summed E-state index contributed by atoms with van der Waals surface area (Å²) in [5.41, 5.74) is 0. The van der Waals surface area contributed by atoms with Crippen molar-refractivity contribution in [3.8, 4) is 0 Å². The highest BCUT2D eigenvalue weighted by Gasteiger charge is 2.64. The Balaban J connectivity index is 1.27. The summed E-state index contributed by atoms with van der Waals surface area (Å²) in [4.78, 5) is 23.7. The summed E-state index contributed by atoms with van der Waals surface area (Å²) in [5, 5.41) is 0. The number of nitrogens with zero attached hydrogens (tertiary/aromatic N) is 1. The topological polar surface area (TPSA) is 74.3 Å². The largest absolute Gasteiger partial charge is 0.239 e. The normalized spacial score (nSPS) is 49.9. The molecule has 2 saturated heterocycles. The molecule has 8 heteroatoms. The Labute approximate surface area is 161 Å². The molecule has 0 amide bonds. The third-order valence-electron chi connectivity index (χ3n) is 7.62. The van der Waals surface area contributed by atoms with Gasteiger partial charge >= 0.3 is 0 Å². The minimum atomic E-state index is -3.22. The molecule has 6 fully saturated rings. The van der Waals surface area contributed by atoms with Gasteiger partial charge in [0.2, 0.25) is 21.6 Å². The van der Waals surface area contributed by atoms with Gasteiger partial charge in [0.1, 0.15) is 0 Å². The second kappa shape index (κ2) is 6.37. The average molecular weight is 402 g/mol. The van der Waals surface area contributed by atoms with Gasteiger partial charge in [-0.05, 0) is 70.6 Å². The lowest BCUT2D eigenvalue weighted by molar-refractivity contribution is -0.676. The highest BCUT2D eigenvalue weighted by molar-refractivity contribution is 7.89. The molecule has 1 atom stereocenters. The van der Waals surface area contributed by atoms with Gasteiger partial charge in [-0.2, -0.15) is 23.9 Å². The molecule has 4 saturated carbocycles. The molecule has 1 unspecified atom stereocenters. The molecule has 0 aromatic rings. The summed E-state index contributed by atoms with van der Waals surface area (Å²) < 4.78 is 26.3. The van der Waals surface area contributed by atoms with Crippen molar-refractivity contribution in [3.63, 3.8) is 0 Å². The molecule has 0 aromatic heterocycles. The molecule has 1 spiro atoms. The molecule has 0 aromatic carbocycles. The highest BCUT2D eigenvalue weighted by atomic mass is 32.2. The van der Waals surface area contributed by atoms with Crippen molar-refractivity contribution in [1.29, 1.82) is 0 Å². The van der Waals surface area contributed by atoms with Crippen LogP contribution in [0.3, 0.4) is 0 Å². The second-order valence-corrected chi connectivity index (χ2v) is 11.7. The molecule has 2 heterocycles. The lowest BCUT2D eigenvalue weighted by Gasteiger charge is -2.60. The van der Waals surface area contributed by atoms with Crippen LogP contribution in [0.1, 0.15) is 65.2 Å². The van der Waals surface area contributed by atoms with Crippen LogP contribution in [0, 0.1) is 23.7 Å². The van der Waals surface area contributed by atoms with Crippen LogP contribution < -0.4 is 0 Å². The minimum Gasteiger partial charge on any atom is -0.212 e.